The molecule has 0 spiro atoms. The third kappa shape index (κ3) is 5.46. The standard InChI is InChI=1S/C24H26N2O7S/c1-29-11-10-26-17-8-7-16(23(28)33-5)14-20(17)34-24(26)25-21(27)9-6-15-12-18(30-2)22(32-4)19(13-15)31-3/h6-9,12-14H,10-11H2,1-5H3/b9-6-,25-24?. The molecule has 3 aromatic rings. The Morgan fingerprint density at radius 2 is 1.71 bits per heavy atom. The van der Waals surface area contributed by atoms with E-state index in [0.717, 1.165) is 10.2 Å². The maximum Gasteiger partial charge on any atom is 0.337 e. The Morgan fingerprint density at radius 1 is 1.00 bits per heavy atom. The fraction of sp³-hybridized carbons (Fsp3) is 0.292. The molecule has 1 amide bonds. The van der Waals surface area contributed by atoms with E-state index < -0.39 is 11.9 Å². The smallest absolute Gasteiger partial charge is 0.337 e. The minimum absolute atomic E-state index is 0.426. The number of nitrogens with zero attached hydrogens (tertiary/aromatic N) is 2. The molecule has 0 aliphatic heterocycles. The summed E-state index contributed by atoms with van der Waals surface area (Å²) in [7, 11) is 7.51. The predicted molar refractivity (Wildman–Crippen MR) is 129 cm³/mol. The molecule has 0 radical (unpaired) electrons. The van der Waals surface area contributed by atoms with Crippen molar-refractivity contribution >= 4 is 39.5 Å². The molecule has 0 aliphatic carbocycles. The highest BCUT2D eigenvalue weighted by Crippen LogP contribution is 2.38. The van der Waals surface area contributed by atoms with Gasteiger partial charge in [-0.1, -0.05) is 11.3 Å². The second kappa shape index (κ2) is 11.5. The van der Waals surface area contributed by atoms with Crippen LogP contribution in [-0.2, 0) is 20.8 Å². The van der Waals surface area contributed by atoms with E-state index in [0.29, 0.717) is 46.3 Å². The third-order valence-corrected chi connectivity index (χ3v) is 5.98. The van der Waals surface area contributed by atoms with Crippen LogP contribution in [0.25, 0.3) is 16.3 Å². The van der Waals surface area contributed by atoms with Crippen LogP contribution in [0.4, 0.5) is 0 Å². The summed E-state index contributed by atoms with van der Waals surface area (Å²) in [6.07, 6.45) is 2.99. The van der Waals surface area contributed by atoms with Crippen LogP contribution in [-0.4, -0.2) is 58.6 Å². The van der Waals surface area contributed by atoms with Gasteiger partial charge in [0.05, 0.1) is 50.8 Å². The van der Waals surface area contributed by atoms with Gasteiger partial charge in [0.15, 0.2) is 16.3 Å². The van der Waals surface area contributed by atoms with Crippen LogP contribution in [0, 0.1) is 0 Å². The lowest BCUT2D eigenvalue weighted by atomic mass is 10.1. The first kappa shape index (κ1) is 25.0. The molecule has 1 aromatic heterocycles. The molecule has 0 aliphatic rings. The highest BCUT2D eigenvalue weighted by atomic mass is 32.1. The molecule has 3 rings (SSSR count). The number of hydrogen-bond donors (Lipinski definition) is 0. The highest BCUT2D eigenvalue weighted by molar-refractivity contribution is 7.16. The van der Waals surface area contributed by atoms with Crippen molar-refractivity contribution in [3.8, 4) is 17.2 Å². The van der Waals surface area contributed by atoms with Gasteiger partial charge >= 0.3 is 5.97 Å². The Bertz CT molecular complexity index is 1270. The summed E-state index contributed by atoms with van der Waals surface area (Å²) in [5.74, 6) is 0.554. The molecule has 0 saturated heterocycles. The molecule has 10 heteroatoms. The fourth-order valence-corrected chi connectivity index (χ4v) is 4.40. The summed E-state index contributed by atoms with van der Waals surface area (Å²) in [6, 6.07) is 8.68. The molecule has 34 heavy (non-hydrogen) atoms. The minimum atomic E-state index is -0.445. The second-order valence-corrected chi connectivity index (χ2v) is 7.95. The molecule has 0 atom stereocenters. The molecule has 180 valence electrons. The van der Waals surface area contributed by atoms with Crippen molar-refractivity contribution in [2.75, 3.05) is 42.2 Å². The predicted octanol–water partition coefficient (Wildman–Crippen LogP) is 3.30. The van der Waals surface area contributed by atoms with Crippen LogP contribution in [0.1, 0.15) is 15.9 Å². The van der Waals surface area contributed by atoms with Gasteiger partial charge in [0.1, 0.15) is 0 Å². The van der Waals surface area contributed by atoms with Gasteiger partial charge in [0, 0.05) is 19.7 Å². The topological polar surface area (TPSA) is 97.6 Å². The van der Waals surface area contributed by atoms with Crippen molar-refractivity contribution in [2.45, 2.75) is 6.54 Å². The Balaban J connectivity index is 1.98. The summed E-state index contributed by atoms with van der Waals surface area (Å²) in [5, 5.41) is 0. The van der Waals surface area contributed by atoms with Gasteiger partial charge in [-0.25, -0.2) is 4.79 Å². The summed E-state index contributed by atoms with van der Waals surface area (Å²) >= 11 is 1.31. The van der Waals surface area contributed by atoms with E-state index >= 15 is 0 Å². The first-order chi connectivity index (χ1) is 16.4. The van der Waals surface area contributed by atoms with E-state index in [4.69, 9.17) is 23.7 Å². The number of hydrogen-bond acceptors (Lipinski definition) is 8. The molecule has 0 unspecified atom stereocenters. The Hall–Kier alpha value is -3.63. The molecular formula is C24H26N2O7S. The van der Waals surface area contributed by atoms with Gasteiger partial charge in [-0.3, -0.25) is 4.79 Å². The zero-order chi connectivity index (χ0) is 24.7. The zero-order valence-electron chi connectivity index (χ0n) is 19.6. The number of fused-ring (bicyclic) bond motifs is 1. The normalized spacial score (nSPS) is 11.7. The van der Waals surface area contributed by atoms with Crippen molar-refractivity contribution in [3.05, 3.63) is 52.3 Å². The quantitative estimate of drug-likeness (QED) is 0.338. The van der Waals surface area contributed by atoms with Crippen LogP contribution in [0.15, 0.2) is 41.4 Å². The van der Waals surface area contributed by atoms with Gasteiger partial charge in [0.25, 0.3) is 5.91 Å². The van der Waals surface area contributed by atoms with Crippen LogP contribution in [0.3, 0.4) is 0 Å². The van der Waals surface area contributed by atoms with Crippen molar-refractivity contribution in [2.24, 2.45) is 4.99 Å². The van der Waals surface area contributed by atoms with E-state index in [2.05, 4.69) is 4.99 Å². The average molecular weight is 487 g/mol. The number of ether oxygens (including phenoxy) is 5. The largest absolute Gasteiger partial charge is 0.493 e. The molecule has 2 aromatic carbocycles. The lowest BCUT2D eigenvalue weighted by Gasteiger charge is -2.12. The number of amides is 1. The SMILES string of the molecule is COCCn1c(=NC(=O)/C=C\c2cc(OC)c(OC)c(OC)c2)sc2cc(C(=O)OC)ccc21. The maximum absolute atomic E-state index is 12.7. The number of rotatable bonds is 9. The van der Waals surface area contributed by atoms with Crippen LogP contribution in [0.2, 0.25) is 0 Å². The number of benzene rings is 2. The molecule has 0 saturated carbocycles. The van der Waals surface area contributed by atoms with Crippen molar-refractivity contribution < 1.29 is 33.3 Å². The fourth-order valence-electron chi connectivity index (χ4n) is 3.30. The second-order valence-electron chi connectivity index (χ2n) is 6.95. The van der Waals surface area contributed by atoms with E-state index in [1.165, 1.54) is 45.9 Å². The Kier molecular flexibility index (Phi) is 8.44. The number of carbonyl (C=O) groups excluding carboxylic acids is 2. The van der Waals surface area contributed by atoms with Gasteiger partial charge in [0.2, 0.25) is 5.75 Å². The molecular weight excluding hydrogens is 460 g/mol. The Labute approximate surface area is 200 Å². The lowest BCUT2D eigenvalue weighted by Crippen LogP contribution is -2.18. The number of methoxy groups -OCH3 is 5. The number of aromatic nitrogens is 1. The Morgan fingerprint density at radius 3 is 2.29 bits per heavy atom. The van der Waals surface area contributed by atoms with Crippen LogP contribution in [0.5, 0.6) is 17.2 Å². The molecule has 0 fully saturated rings. The van der Waals surface area contributed by atoms with Crippen molar-refractivity contribution in [3.63, 3.8) is 0 Å². The summed E-state index contributed by atoms with van der Waals surface area (Å²) in [4.78, 5) is 29.4. The van der Waals surface area contributed by atoms with Crippen molar-refractivity contribution in [1.29, 1.82) is 0 Å². The zero-order valence-corrected chi connectivity index (χ0v) is 20.4. The number of thiazole rings is 1. The molecule has 0 bridgehead atoms. The highest BCUT2D eigenvalue weighted by Gasteiger charge is 2.13. The lowest BCUT2D eigenvalue weighted by molar-refractivity contribution is -0.113. The van der Waals surface area contributed by atoms with Crippen LogP contribution < -0.4 is 19.0 Å². The minimum Gasteiger partial charge on any atom is -0.493 e. The van der Waals surface area contributed by atoms with Gasteiger partial charge in [-0.2, -0.15) is 4.99 Å². The van der Waals surface area contributed by atoms with Gasteiger partial charge in [-0.15, -0.1) is 0 Å². The molecule has 1 heterocycles. The monoisotopic (exact) mass is 486 g/mol. The average Bonchev–Trinajstić information content (AvgIpc) is 3.20. The van der Waals surface area contributed by atoms with E-state index in [1.54, 1.807) is 37.5 Å². The first-order valence-electron chi connectivity index (χ1n) is 10.2. The summed E-state index contributed by atoms with van der Waals surface area (Å²) < 4.78 is 28.7. The van der Waals surface area contributed by atoms with Gasteiger partial charge < -0.3 is 28.3 Å². The third-order valence-electron chi connectivity index (χ3n) is 4.93. The molecule has 0 N–H and O–H groups in total. The summed E-state index contributed by atoms with van der Waals surface area (Å²) in [5.41, 5.74) is 1.95. The van der Waals surface area contributed by atoms with E-state index in [1.807, 2.05) is 10.6 Å². The van der Waals surface area contributed by atoms with Crippen LogP contribution >= 0.6 is 11.3 Å². The number of esters is 1. The first-order valence-corrected chi connectivity index (χ1v) is 11.0. The van der Waals surface area contributed by atoms with E-state index in [-0.39, 0.29) is 0 Å². The maximum atomic E-state index is 12.7. The molecule has 9 nitrogen and oxygen atoms in total. The van der Waals surface area contributed by atoms with Gasteiger partial charge in [-0.05, 0) is 42.0 Å². The number of carbonyl (C=O) groups is 2. The van der Waals surface area contributed by atoms with Crippen molar-refractivity contribution in [1.82, 2.24) is 4.57 Å². The summed E-state index contributed by atoms with van der Waals surface area (Å²) in [6.45, 7) is 0.935. The van der Waals surface area contributed by atoms with E-state index in [9.17, 15) is 9.59 Å².